The minimum absolute atomic E-state index is 0.124. The van der Waals surface area contributed by atoms with Crippen molar-refractivity contribution in [2.24, 2.45) is 11.8 Å². The van der Waals surface area contributed by atoms with E-state index in [1.54, 1.807) is 0 Å². The van der Waals surface area contributed by atoms with Gasteiger partial charge < -0.3 is 15.4 Å². The van der Waals surface area contributed by atoms with Gasteiger partial charge >= 0.3 is 0 Å². The van der Waals surface area contributed by atoms with Crippen molar-refractivity contribution in [1.82, 2.24) is 20.2 Å². The summed E-state index contributed by atoms with van der Waals surface area (Å²) in [5, 5.41) is 12.5. The Labute approximate surface area is 148 Å². The molecule has 0 unspecified atom stereocenters. The minimum atomic E-state index is -0.443. The number of hydrogen-bond donors (Lipinski definition) is 3. The molecule has 1 aliphatic heterocycles. The average molecular weight is 355 g/mol. The fraction of sp³-hybridized carbons (Fsp3) is 0.765. The second-order valence-corrected chi connectivity index (χ2v) is 7.44. The van der Waals surface area contributed by atoms with Gasteiger partial charge in [-0.3, -0.25) is 9.69 Å². The van der Waals surface area contributed by atoms with Crippen LogP contribution in [-0.2, 0) is 17.8 Å². The van der Waals surface area contributed by atoms with Gasteiger partial charge in [0.2, 0.25) is 5.91 Å². The van der Waals surface area contributed by atoms with Crippen molar-refractivity contribution in [3.8, 4) is 0 Å². The van der Waals surface area contributed by atoms with E-state index in [9.17, 15) is 4.79 Å². The lowest BCUT2D eigenvalue weighted by atomic mass is 9.98. The van der Waals surface area contributed by atoms with Gasteiger partial charge in [0.25, 0.3) is 0 Å². The quantitative estimate of drug-likeness (QED) is 0.664. The average Bonchev–Trinajstić information content (AvgIpc) is 3.25. The molecule has 2 fully saturated rings. The Kier molecular flexibility index (Phi) is 5.79. The highest BCUT2D eigenvalue weighted by Crippen LogP contribution is 2.41. The zero-order chi connectivity index (χ0) is 17.1. The Bertz CT molecular complexity index is 573. The molecule has 3 N–H and O–H groups in total. The van der Waals surface area contributed by atoms with Gasteiger partial charge in [0, 0.05) is 32.1 Å². The van der Waals surface area contributed by atoms with Crippen LogP contribution in [0, 0.1) is 11.8 Å². The summed E-state index contributed by atoms with van der Waals surface area (Å²) < 4.78 is 0. The van der Waals surface area contributed by atoms with Gasteiger partial charge in [0.1, 0.15) is 12.4 Å². The topological polar surface area (TPSA) is 81.2 Å². The van der Waals surface area contributed by atoms with E-state index in [4.69, 9.17) is 16.7 Å². The first-order valence-corrected chi connectivity index (χ1v) is 9.34. The lowest BCUT2D eigenvalue weighted by molar-refractivity contribution is -0.124. The van der Waals surface area contributed by atoms with Crippen LogP contribution in [0.4, 0.5) is 0 Å². The molecule has 1 aliphatic carbocycles. The van der Waals surface area contributed by atoms with Crippen molar-refractivity contribution in [3.05, 3.63) is 16.7 Å². The number of carbonyl (C=O) groups is 1. The van der Waals surface area contributed by atoms with E-state index in [0.717, 1.165) is 50.4 Å². The number of rotatable bonds is 8. The Morgan fingerprint density at radius 1 is 1.46 bits per heavy atom. The molecule has 7 heteroatoms. The van der Waals surface area contributed by atoms with Crippen molar-refractivity contribution in [3.63, 3.8) is 0 Å². The first-order valence-electron chi connectivity index (χ1n) is 8.96. The van der Waals surface area contributed by atoms with Gasteiger partial charge in [-0.05, 0) is 31.1 Å². The highest BCUT2D eigenvalue weighted by molar-refractivity contribution is 6.30. The molecule has 24 heavy (non-hydrogen) atoms. The summed E-state index contributed by atoms with van der Waals surface area (Å²) >= 11 is 6.28. The maximum absolute atomic E-state index is 11.6. The Hall–Kier alpha value is -1.11. The molecule has 2 heterocycles. The molecule has 0 radical (unpaired) electrons. The fourth-order valence-electron chi connectivity index (χ4n) is 3.68. The number of unbranched alkanes of at least 4 members (excludes halogenated alkanes) is 1. The van der Waals surface area contributed by atoms with Crippen LogP contribution in [0.15, 0.2) is 0 Å². The number of aromatic nitrogens is 2. The van der Waals surface area contributed by atoms with Gasteiger partial charge in [-0.15, -0.1) is 0 Å². The smallest absolute Gasteiger partial charge is 0.245 e. The first-order chi connectivity index (χ1) is 11.6. The summed E-state index contributed by atoms with van der Waals surface area (Å²) in [6.07, 6.45) is 5.66. The van der Waals surface area contributed by atoms with Crippen molar-refractivity contribution in [1.29, 1.82) is 0 Å². The molecular formula is C17H27ClN4O2. The van der Waals surface area contributed by atoms with Gasteiger partial charge in [-0.25, -0.2) is 4.98 Å². The second kappa shape index (κ2) is 7.85. The van der Waals surface area contributed by atoms with Crippen LogP contribution in [0.25, 0.3) is 0 Å². The molecule has 134 valence electrons. The molecule has 6 nitrogen and oxygen atoms in total. The van der Waals surface area contributed by atoms with E-state index in [-0.39, 0.29) is 11.9 Å². The monoisotopic (exact) mass is 354 g/mol. The number of halogens is 1. The maximum atomic E-state index is 11.6. The summed E-state index contributed by atoms with van der Waals surface area (Å²) in [7, 11) is 0. The number of aliphatic hydroxyl groups is 1. The zero-order valence-electron chi connectivity index (χ0n) is 14.2. The van der Waals surface area contributed by atoms with Crippen molar-refractivity contribution in [2.45, 2.75) is 51.6 Å². The van der Waals surface area contributed by atoms with E-state index in [1.807, 2.05) is 0 Å². The lowest BCUT2D eigenvalue weighted by Gasteiger charge is -2.18. The third-order valence-electron chi connectivity index (χ3n) is 5.08. The van der Waals surface area contributed by atoms with Gasteiger partial charge in [0.05, 0.1) is 5.69 Å². The van der Waals surface area contributed by atoms with Crippen LogP contribution in [0.5, 0.6) is 0 Å². The Morgan fingerprint density at radius 3 is 2.92 bits per heavy atom. The molecule has 0 spiro atoms. The molecule has 1 aromatic rings. The molecule has 1 amide bonds. The van der Waals surface area contributed by atoms with E-state index in [1.165, 1.54) is 12.8 Å². The molecular weight excluding hydrogens is 328 g/mol. The molecule has 0 bridgehead atoms. The normalized spacial score (nSPS) is 24.5. The SMILES string of the molecule is CCCCc1nc(Cl)c(CN2C[C@@H](NC(=O)CO)[C@H](C3CC3)C2)[nH]1. The number of aliphatic hydroxyl groups excluding tert-OH is 1. The maximum Gasteiger partial charge on any atom is 0.245 e. The first kappa shape index (κ1) is 17.7. The van der Waals surface area contributed by atoms with Crippen molar-refractivity contribution < 1.29 is 9.90 Å². The number of hydrogen-bond acceptors (Lipinski definition) is 4. The summed E-state index contributed by atoms with van der Waals surface area (Å²) in [5.41, 5.74) is 0.964. The third kappa shape index (κ3) is 4.29. The summed E-state index contributed by atoms with van der Waals surface area (Å²) in [6.45, 7) is 4.20. The predicted octanol–water partition coefficient (Wildman–Crippen LogP) is 1.72. The van der Waals surface area contributed by atoms with Gasteiger partial charge in [-0.1, -0.05) is 24.9 Å². The van der Waals surface area contributed by atoms with Gasteiger partial charge in [-0.2, -0.15) is 0 Å². The second-order valence-electron chi connectivity index (χ2n) is 7.08. The number of amides is 1. The lowest BCUT2D eigenvalue weighted by Crippen LogP contribution is -2.42. The molecule has 1 saturated heterocycles. The molecule has 2 aliphatic rings. The zero-order valence-corrected chi connectivity index (χ0v) is 15.0. The fourth-order valence-corrected chi connectivity index (χ4v) is 3.89. The minimum Gasteiger partial charge on any atom is -0.387 e. The largest absolute Gasteiger partial charge is 0.387 e. The molecule has 2 atom stereocenters. The third-order valence-corrected chi connectivity index (χ3v) is 5.40. The van der Waals surface area contributed by atoms with Crippen LogP contribution in [0.3, 0.4) is 0 Å². The van der Waals surface area contributed by atoms with Crippen LogP contribution < -0.4 is 5.32 Å². The van der Waals surface area contributed by atoms with E-state index < -0.39 is 6.61 Å². The van der Waals surface area contributed by atoms with E-state index in [2.05, 4.69) is 27.1 Å². The van der Waals surface area contributed by atoms with Crippen molar-refractivity contribution >= 4 is 17.5 Å². The molecule has 3 rings (SSSR count). The molecule has 1 saturated carbocycles. The van der Waals surface area contributed by atoms with Crippen molar-refractivity contribution in [2.75, 3.05) is 19.7 Å². The number of aromatic amines is 1. The Balaban J connectivity index is 1.61. The number of nitrogens with one attached hydrogen (secondary N) is 2. The van der Waals surface area contributed by atoms with Crippen LogP contribution >= 0.6 is 11.6 Å². The highest BCUT2D eigenvalue weighted by atomic mass is 35.5. The van der Waals surface area contributed by atoms with E-state index in [0.29, 0.717) is 17.0 Å². The summed E-state index contributed by atoms with van der Waals surface area (Å²) in [4.78, 5) is 21.7. The molecule has 1 aromatic heterocycles. The number of imidazole rings is 1. The highest BCUT2D eigenvalue weighted by Gasteiger charge is 2.43. The van der Waals surface area contributed by atoms with Crippen LogP contribution in [-0.4, -0.2) is 51.6 Å². The molecule has 0 aromatic carbocycles. The Morgan fingerprint density at radius 2 is 2.25 bits per heavy atom. The number of carbonyl (C=O) groups excluding carboxylic acids is 1. The number of nitrogens with zero attached hydrogens (tertiary/aromatic N) is 2. The standard InChI is InChI=1S/C17H27ClN4O2/c1-2-3-4-15-19-14(17(18)21-15)9-22-7-12(11-5-6-11)13(8-22)20-16(24)10-23/h11-13,23H,2-10H2,1H3,(H,19,21)(H,20,24)/t12-,13+/m0/s1. The summed E-state index contributed by atoms with van der Waals surface area (Å²) in [5.74, 6) is 1.85. The van der Waals surface area contributed by atoms with Gasteiger partial charge in [0.15, 0.2) is 5.15 Å². The number of H-pyrrole nitrogens is 1. The summed E-state index contributed by atoms with van der Waals surface area (Å²) in [6, 6.07) is 0.124. The number of aryl methyl sites for hydroxylation is 1. The van der Waals surface area contributed by atoms with Crippen LogP contribution in [0.1, 0.15) is 44.1 Å². The predicted molar refractivity (Wildman–Crippen MR) is 92.7 cm³/mol. The van der Waals surface area contributed by atoms with E-state index >= 15 is 0 Å². The number of likely N-dealkylation sites (tertiary alicyclic amines) is 1. The van der Waals surface area contributed by atoms with Crippen LogP contribution in [0.2, 0.25) is 5.15 Å².